The summed E-state index contributed by atoms with van der Waals surface area (Å²) in [7, 11) is 0. The van der Waals surface area contributed by atoms with Gasteiger partial charge in [0.15, 0.2) is 0 Å². The smallest absolute Gasteiger partial charge is 0.408 e. The van der Waals surface area contributed by atoms with Gasteiger partial charge >= 0.3 is 6.09 Å². The molecule has 0 aliphatic carbocycles. The van der Waals surface area contributed by atoms with Gasteiger partial charge in [0.05, 0.1) is 0 Å². The van der Waals surface area contributed by atoms with E-state index in [1.807, 2.05) is 84.9 Å². The molecule has 0 aliphatic heterocycles. The topological polar surface area (TPSA) is 111 Å². The number of amides is 3. The maximum absolute atomic E-state index is 13.1. The minimum absolute atomic E-state index is 0.0678. The molecule has 3 aromatic carbocycles. The van der Waals surface area contributed by atoms with Gasteiger partial charge in [-0.05, 0) is 22.8 Å². The number of primary amides is 1. The molecule has 0 aliphatic rings. The molecule has 0 bridgehead atoms. The van der Waals surface area contributed by atoms with Crippen LogP contribution in [0.5, 0.6) is 0 Å². The molecular formula is C26H26BrN3O4. The average molecular weight is 524 g/mol. The van der Waals surface area contributed by atoms with E-state index in [2.05, 4.69) is 26.6 Å². The van der Waals surface area contributed by atoms with Crippen molar-refractivity contribution in [2.24, 2.45) is 5.73 Å². The summed E-state index contributed by atoms with van der Waals surface area (Å²) in [6.07, 6.45) is -0.312. The first-order valence-corrected chi connectivity index (χ1v) is 11.6. The third kappa shape index (κ3) is 7.74. The summed E-state index contributed by atoms with van der Waals surface area (Å²) in [5.74, 6) is -1.20. The normalized spacial score (nSPS) is 12.3. The monoisotopic (exact) mass is 523 g/mol. The predicted octanol–water partition coefficient (Wildman–Crippen LogP) is 3.50. The Morgan fingerprint density at radius 2 is 1.35 bits per heavy atom. The van der Waals surface area contributed by atoms with Crippen LogP contribution in [0.2, 0.25) is 0 Å². The van der Waals surface area contributed by atoms with Crippen molar-refractivity contribution in [2.75, 3.05) is 0 Å². The number of ether oxygens (including phenoxy) is 1. The van der Waals surface area contributed by atoms with E-state index < -0.39 is 30.0 Å². The molecule has 4 N–H and O–H groups in total. The number of rotatable bonds is 10. The molecular weight excluding hydrogens is 498 g/mol. The average Bonchev–Trinajstić information content (AvgIpc) is 2.84. The van der Waals surface area contributed by atoms with E-state index in [9.17, 15) is 14.4 Å². The van der Waals surface area contributed by atoms with E-state index in [4.69, 9.17) is 10.5 Å². The lowest BCUT2D eigenvalue weighted by atomic mass is 10.0. The molecule has 2 atom stereocenters. The van der Waals surface area contributed by atoms with E-state index in [1.54, 1.807) is 0 Å². The maximum Gasteiger partial charge on any atom is 0.408 e. The molecule has 3 amide bonds. The molecule has 0 unspecified atom stereocenters. The lowest BCUT2D eigenvalue weighted by molar-refractivity contribution is -0.128. The number of hydrogen-bond donors (Lipinski definition) is 3. The van der Waals surface area contributed by atoms with Crippen LogP contribution in [0, 0.1) is 0 Å². The summed E-state index contributed by atoms with van der Waals surface area (Å²) in [6, 6.07) is 23.9. The van der Waals surface area contributed by atoms with Crippen LogP contribution in [0.15, 0.2) is 89.4 Å². The van der Waals surface area contributed by atoms with Gasteiger partial charge in [0.2, 0.25) is 11.8 Å². The summed E-state index contributed by atoms with van der Waals surface area (Å²) in [5.41, 5.74) is 8.05. The standard InChI is InChI=1S/C26H26BrN3O4/c27-21-14-8-7-13-20(21)16-22(24(28)31)29-25(32)23(15-18-9-3-1-4-10-18)30-26(33)34-17-19-11-5-2-6-12-19/h1-14,22-23H,15-17H2,(H2,28,31)(H,29,32)(H,30,33)/t22-,23+/m1/s1. The van der Waals surface area contributed by atoms with Gasteiger partial charge in [-0.25, -0.2) is 4.79 Å². The van der Waals surface area contributed by atoms with Crippen molar-refractivity contribution in [3.05, 3.63) is 106 Å². The number of hydrogen-bond acceptors (Lipinski definition) is 4. The van der Waals surface area contributed by atoms with Crippen molar-refractivity contribution in [1.82, 2.24) is 10.6 Å². The highest BCUT2D eigenvalue weighted by molar-refractivity contribution is 9.10. The van der Waals surface area contributed by atoms with E-state index >= 15 is 0 Å². The third-order valence-electron chi connectivity index (χ3n) is 5.15. The molecule has 0 radical (unpaired) electrons. The molecule has 3 aromatic rings. The fraction of sp³-hybridized carbons (Fsp3) is 0.192. The number of benzene rings is 3. The highest BCUT2D eigenvalue weighted by Gasteiger charge is 2.27. The van der Waals surface area contributed by atoms with Crippen LogP contribution in [0.1, 0.15) is 16.7 Å². The second kappa shape index (κ2) is 12.6. The SMILES string of the molecule is NC(=O)[C@@H](Cc1ccccc1Br)NC(=O)[C@H](Cc1ccccc1)NC(=O)OCc1ccccc1. The highest BCUT2D eigenvalue weighted by Crippen LogP contribution is 2.17. The van der Waals surface area contributed by atoms with Gasteiger partial charge in [0.25, 0.3) is 0 Å². The Hall–Kier alpha value is -3.65. The zero-order valence-electron chi connectivity index (χ0n) is 18.4. The van der Waals surface area contributed by atoms with E-state index in [-0.39, 0.29) is 19.4 Å². The molecule has 3 rings (SSSR count). The number of carbonyl (C=O) groups excluding carboxylic acids is 3. The lowest BCUT2D eigenvalue weighted by Crippen LogP contribution is -2.54. The van der Waals surface area contributed by atoms with Gasteiger partial charge in [-0.15, -0.1) is 0 Å². The van der Waals surface area contributed by atoms with Crippen LogP contribution < -0.4 is 16.4 Å². The molecule has 0 saturated heterocycles. The first-order valence-electron chi connectivity index (χ1n) is 10.8. The van der Waals surface area contributed by atoms with E-state index in [0.717, 1.165) is 21.2 Å². The van der Waals surface area contributed by atoms with Gasteiger partial charge in [0.1, 0.15) is 18.7 Å². The summed E-state index contributed by atoms with van der Waals surface area (Å²) in [4.78, 5) is 37.7. The zero-order valence-corrected chi connectivity index (χ0v) is 20.0. The summed E-state index contributed by atoms with van der Waals surface area (Å²) in [6.45, 7) is 0.0678. The predicted molar refractivity (Wildman–Crippen MR) is 133 cm³/mol. The molecule has 7 nitrogen and oxygen atoms in total. The van der Waals surface area contributed by atoms with Crippen LogP contribution >= 0.6 is 15.9 Å². The number of nitrogens with two attached hydrogens (primary N) is 1. The van der Waals surface area contributed by atoms with Crippen molar-refractivity contribution >= 4 is 33.8 Å². The molecule has 0 spiro atoms. The summed E-state index contributed by atoms with van der Waals surface area (Å²) < 4.78 is 6.09. The van der Waals surface area contributed by atoms with Crippen LogP contribution in [0.4, 0.5) is 4.79 Å². The quantitative estimate of drug-likeness (QED) is 0.377. The van der Waals surface area contributed by atoms with Crippen LogP contribution in [-0.4, -0.2) is 30.0 Å². The second-order valence-corrected chi connectivity index (χ2v) is 8.56. The molecule has 0 fully saturated rings. The maximum atomic E-state index is 13.1. The van der Waals surface area contributed by atoms with Crippen LogP contribution in [0.25, 0.3) is 0 Å². The Kier molecular flexibility index (Phi) is 9.22. The molecule has 34 heavy (non-hydrogen) atoms. The first kappa shape index (κ1) is 25.0. The summed E-state index contributed by atoms with van der Waals surface area (Å²) >= 11 is 3.44. The van der Waals surface area contributed by atoms with Gasteiger partial charge in [-0.1, -0.05) is 94.8 Å². The number of nitrogens with one attached hydrogen (secondary N) is 2. The third-order valence-corrected chi connectivity index (χ3v) is 5.92. The zero-order chi connectivity index (χ0) is 24.3. The second-order valence-electron chi connectivity index (χ2n) is 7.71. The minimum Gasteiger partial charge on any atom is -0.445 e. The van der Waals surface area contributed by atoms with Crippen molar-refractivity contribution in [2.45, 2.75) is 31.5 Å². The van der Waals surface area contributed by atoms with Gasteiger partial charge in [-0.3, -0.25) is 9.59 Å². The lowest BCUT2D eigenvalue weighted by Gasteiger charge is -2.22. The molecule has 8 heteroatoms. The minimum atomic E-state index is -0.966. The Morgan fingerprint density at radius 1 is 0.765 bits per heavy atom. The van der Waals surface area contributed by atoms with Crippen LogP contribution in [-0.2, 0) is 33.8 Å². The Morgan fingerprint density at radius 3 is 1.97 bits per heavy atom. The Labute approximate surface area is 206 Å². The fourth-order valence-corrected chi connectivity index (χ4v) is 3.79. The van der Waals surface area contributed by atoms with Crippen molar-refractivity contribution in [3.8, 4) is 0 Å². The van der Waals surface area contributed by atoms with E-state index in [0.29, 0.717) is 0 Å². The Bertz CT molecular complexity index is 1110. The highest BCUT2D eigenvalue weighted by atomic mass is 79.9. The van der Waals surface area contributed by atoms with Crippen molar-refractivity contribution in [3.63, 3.8) is 0 Å². The molecule has 0 saturated carbocycles. The van der Waals surface area contributed by atoms with Gasteiger partial charge in [-0.2, -0.15) is 0 Å². The van der Waals surface area contributed by atoms with Crippen molar-refractivity contribution < 1.29 is 19.1 Å². The largest absolute Gasteiger partial charge is 0.445 e. The number of alkyl carbamates (subject to hydrolysis) is 1. The van der Waals surface area contributed by atoms with Crippen molar-refractivity contribution in [1.29, 1.82) is 0 Å². The molecule has 176 valence electrons. The summed E-state index contributed by atoms with van der Waals surface area (Å²) in [5, 5.41) is 5.31. The Balaban J connectivity index is 1.70. The van der Waals surface area contributed by atoms with E-state index in [1.165, 1.54) is 0 Å². The number of carbonyl (C=O) groups is 3. The van der Waals surface area contributed by atoms with Gasteiger partial charge < -0.3 is 21.1 Å². The first-order chi connectivity index (χ1) is 16.4. The van der Waals surface area contributed by atoms with Crippen LogP contribution in [0.3, 0.4) is 0 Å². The van der Waals surface area contributed by atoms with Gasteiger partial charge in [0, 0.05) is 17.3 Å². The molecule has 0 aromatic heterocycles. The molecule has 0 heterocycles. The number of halogens is 1. The fourth-order valence-electron chi connectivity index (χ4n) is 3.35.